The molecule has 0 spiro atoms. The molecule has 1 aromatic carbocycles. The van der Waals surface area contributed by atoms with Crippen molar-refractivity contribution in [2.75, 3.05) is 12.8 Å². The van der Waals surface area contributed by atoms with Crippen LogP contribution in [0.1, 0.15) is 31.1 Å². The predicted molar refractivity (Wildman–Crippen MR) is 93.2 cm³/mol. The van der Waals surface area contributed by atoms with E-state index in [4.69, 9.17) is 4.52 Å². The molecule has 2 rings (SSSR count). The Hall–Kier alpha value is -2.29. The second-order valence-corrected chi connectivity index (χ2v) is 8.68. The minimum absolute atomic E-state index is 0.0428. The van der Waals surface area contributed by atoms with Gasteiger partial charge in [0.25, 0.3) is 0 Å². The third kappa shape index (κ3) is 6.21. The lowest BCUT2D eigenvalue weighted by Gasteiger charge is -2.17. The number of hydrogen-bond donors (Lipinski definition) is 0. The van der Waals surface area contributed by atoms with Gasteiger partial charge in [-0.1, -0.05) is 31.1 Å². The van der Waals surface area contributed by atoms with Gasteiger partial charge in [0.15, 0.2) is 15.7 Å². The van der Waals surface area contributed by atoms with Crippen LogP contribution in [0.25, 0.3) is 0 Å². The summed E-state index contributed by atoms with van der Waals surface area (Å²) in [4.78, 5) is 17.5. The minimum atomic E-state index is -3.74. The van der Waals surface area contributed by atoms with Gasteiger partial charge in [-0.3, -0.25) is 4.79 Å². The van der Waals surface area contributed by atoms with E-state index in [0.717, 1.165) is 0 Å². The molecule has 9 heteroatoms. The predicted octanol–water partition coefficient (Wildman–Crippen LogP) is 1.98. The monoisotopic (exact) mass is 383 g/mol. The van der Waals surface area contributed by atoms with Crippen LogP contribution in [0.15, 0.2) is 28.8 Å². The van der Waals surface area contributed by atoms with E-state index in [1.807, 2.05) is 13.8 Å². The molecular weight excluding hydrogens is 361 g/mol. The highest BCUT2D eigenvalue weighted by Gasteiger charge is 2.23. The first-order valence-electron chi connectivity index (χ1n) is 8.15. The number of halogens is 1. The van der Waals surface area contributed by atoms with E-state index in [0.29, 0.717) is 23.8 Å². The van der Waals surface area contributed by atoms with Crippen LogP contribution >= 0.6 is 0 Å². The number of hydrogen-bond acceptors (Lipinski definition) is 6. The highest BCUT2D eigenvalue weighted by molar-refractivity contribution is 7.91. The number of carbonyl (C=O) groups excluding carboxylic acids is 1. The van der Waals surface area contributed by atoms with Gasteiger partial charge in [0.05, 0.1) is 0 Å². The minimum Gasteiger partial charge on any atom is -0.341 e. The van der Waals surface area contributed by atoms with Crippen LogP contribution in [-0.2, 0) is 33.4 Å². The molecule has 1 amide bonds. The average molecular weight is 383 g/mol. The first-order valence-corrected chi connectivity index (χ1v) is 9.97. The fourth-order valence-corrected chi connectivity index (χ4v) is 3.53. The molecule has 26 heavy (non-hydrogen) atoms. The molecule has 0 unspecified atom stereocenters. The molecule has 142 valence electrons. The van der Waals surface area contributed by atoms with E-state index in [-0.39, 0.29) is 12.4 Å². The smallest absolute Gasteiger partial charge is 0.237 e. The summed E-state index contributed by atoms with van der Waals surface area (Å²) >= 11 is 0. The van der Waals surface area contributed by atoms with Gasteiger partial charge in [0.2, 0.25) is 11.8 Å². The summed E-state index contributed by atoms with van der Waals surface area (Å²) in [6, 6.07) is 5.80. The lowest BCUT2D eigenvalue weighted by molar-refractivity contribution is -0.127. The van der Waals surface area contributed by atoms with Gasteiger partial charge in [-0.15, -0.1) is 0 Å². The van der Waals surface area contributed by atoms with Crippen molar-refractivity contribution in [3.8, 4) is 0 Å². The van der Waals surface area contributed by atoms with Crippen molar-refractivity contribution in [3.05, 3.63) is 47.4 Å². The summed E-state index contributed by atoms with van der Waals surface area (Å²) in [6.45, 7) is 4.08. The molecule has 0 saturated carbocycles. The number of sulfone groups is 1. The zero-order valence-electron chi connectivity index (χ0n) is 15.0. The van der Waals surface area contributed by atoms with E-state index in [2.05, 4.69) is 10.1 Å². The summed E-state index contributed by atoms with van der Waals surface area (Å²) in [5.41, 5.74) is 0.578. The molecule has 0 N–H and O–H groups in total. The zero-order valence-corrected chi connectivity index (χ0v) is 15.8. The van der Waals surface area contributed by atoms with E-state index in [9.17, 15) is 17.6 Å². The summed E-state index contributed by atoms with van der Waals surface area (Å²) in [6.07, 6.45) is 0.558. The quantitative estimate of drug-likeness (QED) is 0.692. The number of rotatable bonds is 8. The van der Waals surface area contributed by atoms with Crippen molar-refractivity contribution in [1.82, 2.24) is 15.0 Å². The Morgan fingerprint density at radius 2 is 2.08 bits per heavy atom. The summed E-state index contributed by atoms with van der Waals surface area (Å²) in [5.74, 6) is -1.41. The van der Waals surface area contributed by atoms with Crippen LogP contribution in [0.5, 0.6) is 0 Å². The molecule has 0 atom stereocenters. The van der Waals surface area contributed by atoms with Gasteiger partial charge >= 0.3 is 0 Å². The summed E-state index contributed by atoms with van der Waals surface area (Å²) < 4.78 is 42.6. The molecule has 0 saturated heterocycles. The first kappa shape index (κ1) is 20.0. The fraction of sp³-hybridized carbons (Fsp3) is 0.471. The lowest BCUT2D eigenvalue weighted by atomic mass is 10.1. The average Bonchev–Trinajstić information content (AvgIpc) is 2.91. The van der Waals surface area contributed by atoms with E-state index in [1.54, 1.807) is 6.07 Å². The SMILES string of the molecule is CC(C)Cc1nc(CS(=O)(=O)CC(=O)N(C)Cc2cccc(F)c2)no1. The number of aromatic nitrogens is 2. The Morgan fingerprint density at radius 1 is 1.35 bits per heavy atom. The number of benzene rings is 1. The third-order valence-corrected chi connectivity index (χ3v) is 4.90. The van der Waals surface area contributed by atoms with Crippen molar-refractivity contribution in [2.24, 2.45) is 5.92 Å². The van der Waals surface area contributed by atoms with E-state index in [1.165, 1.54) is 30.1 Å². The van der Waals surface area contributed by atoms with Crippen molar-refractivity contribution in [3.63, 3.8) is 0 Å². The van der Waals surface area contributed by atoms with Crippen LogP contribution in [-0.4, -0.2) is 42.2 Å². The molecule has 0 bridgehead atoms. The molecule has 7 nitrogen and oxygen atoms in total. The molecule has 0 fully saturated rings. The normalized spacial score (nSPS) is 11.7. The van der Waals surface area contributed by atoms with Crippen LogP contribution in [0.3, 0.4) is 0 Å². The topological polar surface area (TPSA) is 93.4 Å². The van der Waals surface area contributed by atoms with Crippen LogP contribution in [0.4, 0.5) is 4.39 Å². The van der Waals surface area contributed by atoms with Gasteiger partial charge in [0.1, 0.15) is 17.3 Å². The molecule has 1 heterocycles. The van der Waals surface area contributed by atoms with Crippen molar-refractivity contribution < 1.29 is 22.1 Å². The number of amides is 1. The molecule has 0 aliphatic rings. The lowest BCUT2D eigenvalue weighted by Crippen LogP contribution is -2.32. The number of nitrogens with zero attached hydrogens (tertiary/aromatic N) is 3. The molecule has 0 radical (unpaired) electrons. The highest BCUT2D eigenvalue weighted by atomic mass is 32.2. The Morgan fingerprint density at radius 3 is 2.73 bits per heavy atom. The molecule has 1 aromatic heterocycles. The maximum atomic E-state index is 13.2. The Bertz CT molecular complexity index is 864. The summed E-state index contributed by atoms with van der Waals surface area (Å²) in [7, 11) is -2.27. The molecule has 2 aromatic rings. The first-order chi connectivity index (χ1) is 12.1. The van der Waals surface area contributed by atoms with Crippen molar-refractivity contribution in [1.29, 1.82) is 0 Å². The van der Waals surface area contributed by atoms with Crippen LogP contribution in [0, 0.1) is 11.7 Å². The van der Waals surface area contributed by atoms with Gasteiger partial charge < -0.3 is 9.42 Å². The largest absolute Gasteiger partial charge is 0.341 e. The Labute approximate surface area is 152 Å². The highest BCUT2D eigenvalue weighted by Crippen LogP contribution is 2.10. The Balaban J connectivity index is 1.94. The fourth-order valence-electron chi connectivity index (χ4n) is 2.32. The van der Waals surface area contributed by atoms with E-state index >= 15 is 0 Å². The van der Waals surface area contributed by atoms with Crippen molar-refractivity contribution in [2.45, 2.75) is 32.6 Å². The van der Waals surface area contributed by atoms with Crippen molar-refractivity contribution >= 4 is 15.7 Å². The van der Waals surface area contributed by atoms with Gasteiger partial charge in [0, 0.05) is 20.0 Å². The van der Waals surface area contributed by atoms with Crippen LogP contribution in [0.2, 0.25) is 0 Å². The molecular formula is C17H22FN3O4S. The molecule has 0 aliphatic carbocycles. The second-order valence-electron chi connectivity index (χ2n) is 6.61. The zero-order chi connectivity index (χ0) is 19.3. The van der Waals surface area contributed by atoms with Crippen LogP contribution < -0.4 is 0 Å². The maximum absolute atomic E-state index is 13.2. The third-order valence-electron chi connectivity index (χ3n) is 3.52. The van der Waals surface area contributed by atoms with Gasteiger partial charge in [-0.2, -0.15) is 4.98 Å². The molecule has 0 aliphatic heterocycles. The van der Waals surface area contributed by atoms with E-state index < -0.39 is 33.1 Å². The van der Waals surface area contributed by atoms with Gasteiger partial charge in [-0.05, 0) is 23.6 Å². The Kier molecular flexibility index (Phi) is 6.47. The second kappa shape index (κ2) is 8.39. The van der Waals surface area contributed by atoms with Gasteiger partial charge in [-0.25, -0.2) is 12.8 Å². The summed E-state index contributed by atoms with van der Waals surface area (Å²) in [5, 5.41) is 3.65. The maximum Gasteiger partial charge on any atom is 0.237 e. The number of carbonyl (C=O) groups is 1. The standard InChI is InChI=1S/C17H22FN3O4S/c1-12(2)7-16-19-15(20-25-16)10-26(23,24)11-17(22)21(3)9-13-5-4-6-14(18)8-13/h4-6,8,12H,7,9-11H2,1-3H3.